The van der Waals surface area contributed by atoms with Crippen molar-refractivity contribution in [1.82, 2.24) is 0 Å². The fourth-order valence-electron chi connectivity index (χ4n) is 1.52. The molecule has 0 bridgehead atoms. The molecule has 0 radical (unpaired) electrons. The van der Waals surface area contributed by atoms with Gasteiger partial charge in [0.1, 0.15) is 0 Å². The number of aryl methyl sites for hydroxylation is 1. The molecule has 0 fully saturated rings. The van der Waals surface area contributed by atoms with Gasteiger partial charge in [-0.05, 0) is 24.9 Å². The minimum absolute atomic E-state index is 0.270. The molecular formula is C12H19NO2. The highest BCUT2D eigenvalue weighted by Crippen LogP contribution is 2.17. The van der Waals surface area contributed by atoms with Gasteiger partial charge >= 0.3 is 0 Å². The zero-order valence-electron chi connectivity index (χ0n) is 9.40. The lowest BCUT2D eigenvalue weighted by Gasteiger charge is -2.13. The summed E-state index contributed by atoms with van der Waals surface area (Å²) in [7, 11) is 3.27. The number of methoxy groups -OCH3 is 2. The van der Waals surface area contributed by atoms with Gasteiger partial charge in [0.2, 0.25) is 0 Å². The van der Waals surface area contributed by atoms with E-state index in [1.807, 2.05) is 12.1 Å². The molecule has 0 heterocycles. The topological polar surface area (TPSA) is 44.5 Å². The molecule has 1 aromatic rings. The van der Waals surface area contributed by atoms with Crippen molar-refractivity contribution < 1.29 is 9.47 Å². The van der Waals surface area contributed by atoms with Crippen molar-refractivity contribution >= 4 is 0 Å². The summed E-state index contributed by atoms with van der Waals surface area (Å²) >= 11 is 0. The number of nitrogens with two attached hydrogens (primary N) is 1. The van der Waals surface area contributed by atoms with E-state index in [4.69, 9.17) is 15.2 Å². The van der Waals surface area contributed by atoms with Gasteiger partial charge in [0, 0.05) is 19.8 Å². The second kappa shape index (κ2) is 6.56. The molecule has 0 aliphatic carbocycles. The Morgan fingerprint density at radius 3 is 2.20 bits per heavy atom. The van der Waals surface area contributed by atoms with E-state index in [1.165, 1.54) is 5.56 Å². The average molecular weight is 209 g/mol. The largest absolute Gasteiger partial charge is 0.352 e. The van der Waals surface area contributed by atoms with Crippen molar-refractivity contribution in [2.75, 3.05) is 20.8 Å². The third kappa shape index (κ3) is 3.63. The predicted octanol–water partition coefficient (Wildman–Crippen LogP) is 1.87. The molecular weight excluding hydrogens is 190 g/mol. The fraction of sp³-hybridized carbons (Fsp3) is 0.500. The Labute approximate surface area is 91.2 Å². The van der Waals surface area contributed by atoms with Crippen LogP contribution in [0, 0.1) is 0 Å². The lowest BCUT2D eigenvalue weighted by molar-refractivity contribution is -0.106. The average Bonchev–Trinajstić information content (AvgIpc) is 2.29. The molecule has 0 unspecified atom stereocenters. The van der Waals surface area contributed by atoms with E-state index in [9.17, 15) is 0 Å². The standard InChI is InChI=1S/C12H19NO2/c1-14-12(15-2)11-7-5-10(6-8-11)4-3-9-13/h5-8,12H,3-4,9,13H2,1-2H3. The first-order valence-corrected chi connectivity index (χ1v) is 5.16. The van der Waals surface area contributed by atoms with Gasteiger partial charge in [-0.25, -0.2) is 0 Å². The molecule has 84 valence electrons. The number of rotatable bonds is 6. The molecule has 0 atom stereocenters. The molecule has 0 aromatic heterocycles. The molecule has 0 aliphatic heterocycles. The van der Waals surface area contributed by atoms with Crippen LogP contribution in [0.2, 0.25) is 0 Å². The Bertz CT molecular complexity index is 267. The maximum atomic E-state index is 5.46. The number of ether oxygens (including phenoxy) is 2. The van der Waals surface area contributed by atoms with E-state index in [2.05, 4.69) is 12.1 Å². The second-order valence-corrected chi connectivity index (χ2v) is 3.44. The summed E-state index contributed by atoms with van der Waals surface area (Å²) in [5.74, 6) is 0. The summed E-state index contributed by atoms with van der Waals surface area (Å²) in [6.45, 7) is 0.737. The summed E-state index contributed by atoms with van der Waals surface area (Å²) in [5, 5.41) is 0. The van der Waals surface area contributed by atoms with Crippen molar-refractivity contribution in [2.24, 2.45) is 5.73 Å². The van der Waals surface area contributed by atoms with Crippen LogP contribution in [0.25, 0.3) is 0 Å². The summed E-state index contributed by atoms with van der Waals surface area (Å²) in [4.78, 5) is 0. The lowest BCUT2D eigenvalue weighted by Crippen LogP contribution is -2.04. The monoisotopic (exact) mass is 209 g/mol. The normalized spacial score (nSPS) is 10.9. The molecule has 0 aliphatic rings. The Balaban J connectivity index is 2.62. The smallest absolute Gasteiger partial charge is 0.183 e. The van der Waals surface area contributed by atoms with Crippen LogP contribution in [0.4, 0.5) is 0 Å². The Morgan fingerprint density at radius 2 is 1.73 bits per heavy atom. The lowest BCUT2D eigenvalue weighted by atomic mass is 10.1. The summed E-state index contributed by atoms with van der Waals surface area (Å²) < 4.78 is 10.3. The van der Waals surface area contributed by atoms with Crippen molar-refractivity contribution in [2.45, 2.75) is 19.1 Å². The van der Waals surface area contributed by atoms with Crippen LogP contribution in [-0.4, -0.2) is 20.8 Å². The Kier molecular flexibility index (Phi) is 5.32. The van der Waals surface area contributed by atoms with Gasteiger partial charge in [0.15, 0.2) is 6.29 Å². The van der Waals surface area contributed by atoms with E-state index in [1.54, 1.807) is 14.2 Å². The van der Waals surface area contributed by atoms with Gasteiger partial charge in [-0.2, -0.15) is 0 Å². The highest BCUT2D eigenvalue weighted by atomic mass is 16.7. The molecule has 1 aromatic carbocycles. The minimum Gasteiger partial charge on any atom is -0.352 e. The van der Waals surface area contributed by atoms with Gasteiger partial charge in [-0.15, -0.1) is 0 Å². The van der Waals surface area contributed by atoms with Crippen molar-refractivity contribution in [3.8, 4) is 0 Å². The van der Waals surface area contributed by atoms with Crippen molar-refractivity contribution in [3.05, 3.63) is 35.4 Å². The number of hydrogen-bond donors (Lipinski definition) is 1. The molecule has 15 heavy (non-hydrogen) atoms. The maximum absolute atomic E-state index is 5.46. The van der Waals surface area contributed by atoms with Gasteiger partial charge in [-0.1, -0.05) is 24.3 Å². The predicted molar refractivity (Wildman–Crippen MR) is 60.6 cm³/mol. The molecule has 3 heteroatoms. The highest BCUT2D eigenvalue weighted by molar-refractivity contribution is 5.23. The first-order chi connectivity index (χ1) is 7.31. The van der Waals surface area contributed by atoms with Crippen LogP contribution in [0.15, 0.2) is 24.3 Å². The van der Waals surface area contributed by atoms with E-state index >= 15 is 0 Å². The zero-order valence-corrected chi connectivity index (χ0v) is 9.40. The highest BCUT2D eigenvalue weighted by Gasteiger charge is 2.07. The van der Waals surface area contributed by atoms with Crippen LogP contribution in [-0.2, 0) is 15.9 Å². The third-order valence-corrected chi connectivity index (χ3v) is 2.35. The molecule has 1 rings (SSSR count). The minimum atomic E-state index is -0.270. The molecule has 0 saturated carbocycles. The molecule has 0 spiro atoms. The fourth-order valence-corrected chi connectivity index (χ4v) is 1.52. The van der Waals surface area contributed by atoms with Gasteiger partial charge in [0.25, 0.3) is 0 Å². The first kappa shape index (κ1) is 12.2. The van der Waals surface area contributed by atoms with E-state index in [0.717, 1.165) is 24.9 Å². The van der Waals surface area contributed by atoms with Crippen LogP contribution < -0.4 is 5.73 Å². The number of hydrogen-bond acceptors (Lipinski definition) is 3. The second-order valence-electron chi connectivity index (χ2n) is 3.44. The number of benzene rings is 1. The molecule has 0 amide bonds. The van der Waals surface area contributed by atoms with E-state index in [-0.39, 0.29) is 6.29 Å². The quantitative estimate of drug-likeness (QED) is 0.727. The van der Waals surface area contributed by atoms with Crippen molar-refractivity contribution in [1.29, 1.82) is 0 Å². The summed E-state index contributed by atoms with van der Waals surface area (Å²) in [6.07, 6.45) is 1.78. The Hall–Kier alpha value is -0.900. The van der Waals surface area contributed by atoms with Gasteiger partial charge in [0.05, 0.1) is 0 Å². The van der Waals surface area contributed by atoms with E-state index < -0.39 is 0 Å². The van der Waals surface area contributed by atoms with Gasteiger partial charge in [-0.3, -0.25) is 0 Å². The molecule has 3 nitrogen and oxygen atoms in total. The van der Waals surface area contributed by atoms with Crippen LogP contribution in [0.5, 0.6) is 0 Å². The molecule has 2 N–H and O–H groups in total. The zero-order chi connectivity index (χ0) is 11.1. The van der Waals surface area contributed by atoms with Crippen LogP contribution >= 0.6 is 0 Å². The summed E-state index contributed by atoms with van der Waals surface area (Å²) in [6, 6.07) is 8.25. The molecule has 0 saturated heterocycles. The van der Waals surface area contributed by atoms with Crippen molar-refractivity contribution in [3.63, 3.8) is 0 Å². The van der Waals surface area contributed by atoms with E-state index in [0.29, 0.717) is 0 Å². The summed E-state index contributed by atoms with van der Waals surface area (Å²) in [5.41, 5.74) is 7.80. The van der Waals surface area contributed by atoms with Gasteiger partial charge < -0.3 is 15.2 Å². The first-order valence-electron chi connectivity index (χ1n) is 5.16. The maximum Gasteiger partial charge on any atom is 0.183 e. The van der Waals surface area contributed by atoms with Crippen LogP contribution in [0.1, 0.15) is 23.8 Å². The van der Waals surface area contributed by atoms with Crippen LogP contribution in [0.3, 0.4) is 0 Å². The Morgan fingerprint density at radius 1 is 1.13 bits per heavy atom. The SMILES string of the molecule is COC(OC)c1ccc(CCCN)cc1. The third-order valence-electron chi connectivity index (χ3n) is 2.35.